The van der Waals surface area contributed by atoms with Crippen molar-refractivity contribution in [2.75, 3.05) is 13.7 Å². The third-order valence-electron chi connectivity index (χ3n) is 3.60. The molecular formula is C18H18ClN3O. The van der Waals surface area contributed by atoms with Crippen molar-refractivity contribution in [1.29, 1.82) is 0 Å². The van der Waals surface area contributed by atoms with Gasteiger partial charge in [-0.15, -0.1) is 0 Å². The Labute approximate surface area is 140 Å². The first-order valence-electron chi connectivity index (χ1n) is 7.40. The molecule has 0 radical (unpaired) electrons. The maximum Gasteiger partial charge on any atom is 0.118 e. The predicted molar refractivity (Wildman–Crippen MR) is 93.3 cm³/mol. The summed E-state index contributed by atoms with van der Waals surface area (Å²) >= 11 is 6.12. The summed E-state index contributed by atoms with van der Waals surface area (Å²) in [6, 6.07) is 17.6. The van der Waals surface area contributed by atoms with Gasteiger partial charge < -0.3 is 10.5 Å². The van der Waals surface area contributed by atoms with Gasteiger partial charge in [-0.05, 0) is 55.1 Å². The smallest absolute Gasteiger partial charge is 0.118 e. The quantitative estimate of drug-likeness (QED) is 0.777. The third kappa shape index (κ3) is 3.38. The summed E-state index contributed by atoms with van der Waals surface area (Å²) in [5.41, 5.74) is 9.61. The van der Waals surface area contributed by atoms with E-state index in [1.54, 1.807) is 7.11 Å². The predicted octanol–water partition coefficient (Wildman–Crippen LogP) is 3.70. The first-order chi connectivity index (χ1) is 11.2. The maximum atomic E-state index is 6.12. The van der Waals surface area contributed by atoms with Crippen LogP contribution >= 0.6 is 11.6 Å². The van der Waals surface area contributed by atoms with Crippen molar-refractivity contribution in [1.82, 2.24) is 9.78 Å². The first-order valence-corrected chi connectivity index (χ1v) is 7.78. The van der Waals surface area contributed by atoms with Gasteiger partial charge in [0.1, 0.15) is 5.75 Å². The monoisotopic (exact) mass is 327 g/mol. The van der Waals surface area contributed by atoms with Crippen molar-refractivity contribution >= 4 is 11.6 Å². The number of nitrogens with zero attached hydrogens (tertiary/aromatic N) is 2. The van der Waals surface area contributed by atoms with E-state index < -0.39 is 0 Å². The molecule has 118 valence electrons. The van der Waals surface area contributed by atoms with Gasteiger partial charge in [0, 0.05) is 17.0 Å². The lowest BCUT2D eigenvalue weighted by atomic mass is 10.1. The molecular weight excluding hydrogens is 310 g/mol. The van der Waals surface area contributed by atoms with Gasteiger partial charge in [0.15, 0.2) is 0 Å². The molecule has 0 saturated carbocycles. The van der Waals surface area contributed by atoms with E-state index in [2.05, 4.69) is 11.2 Å². The fourth-order valence-corrected chi connectivity index (χ4v) is 2.66. The molecule has 1 heterocycles. The molecule has 4 nitrogen and oxygen atoms in total. The molecule has 0 saturated heterocycles. The Morgan fingerprint density at radius 1 is 1.13 bits per heavy atom. The van der Waals surface area contributed by atoms with Crippen LogP contribution in [-0.2, 0) is 6.42 Å². The summed E-state index contributed by atoms with van der Waals surface area (Å²) in [7, 11) is 1.66. The molecule has 0 fully saturated rings. The van der Waals surface area contributed by atoms with Crippen LogP contribution in [0.15, 0.2) is 54.6 Å². The number of halogens is 1. The minimum atomic E-state index is 0.564. The average Bonchev–Trinajstić information content (AvgIpc) is 2.99. The van der Waals surface area contributed by atoms with E-state index >= 15 is 0 Å². The maximum absolute atomic E-state index is 6.12. The van der Waals surface area contributed by atoms with E-state index in [9.17, 15) is 0 Å². The third-order valence-corrected chi connectivity index (χ3v) is 3.83. The van der Waals surface area contributed by atoms with Gasteiger partial charge in [-0.1, -0.05) is 17.7 Å². The van der Waals surface area contributed by atoms with Crippen LogP contribution in [0.3, 0.4) is 0 Å². The topological polar surface area (TPSA) is 53.1 Å². The zero-order valence-corrected chi connectivity index (χ0v) is 13.6. The molecule has 3 aromatic rings. The second-order valence-electron chi connectivity index (χ2n) is 5.18. The fraction of sp³-hybridized carbons (Fsp3) is 0.167. The largest absolute Gasteiger partial charge is 0.497 e. The molecule has 0 aliphatic rings. The number of rotatable bonds is 5. The molecule has 0 unspecified atom stereocenters. The van der Waals surface area contributed by atoms with Crippen molar-refractivity contribution in [2.45, 2.75) is 6.42 Å². The Balaban J connectivity index is 2.10. The Kier molecular flexibility index (Phi) is 4.65. The molecule has 2 aromatic carbocycles. The molecule has 0 atom stereocenters. The van der Waals surface area contributed by atoms with E-state index in [4.69, 9.17) is 22.1 Å². The molecule has 3 rings (SSSR count). The van der Waals surface area contributed by atoms with Crippen molar-refractivity contribution in [3.63, 3.8) is 0 Å². The van der Waals surface area contributed by atoms with Gasteiger partial charge in [0.2, 0.25) is 0 Å². The highest BCUT2D eigenvalue weighted by atomic mass is 35.5. The molecule has 0 aliphatic heterocycles. The molecule has 0 aliphatic carbocycles. The number of benzene rings is 2. The number of nitrogens with two attached hydrogens (primary N) is 1. The summed E-state index contributed by atoms with van der Waals surface area (Å²) in [6.07, 6.45) is 0.733. The number of aromatic nitrogens is 2. The highest BCUT2D eigenvalue weighted by molar-refractivity contribution is 6.30. The standard InChI is InChI=1S/C18H18ClN3O/c1-23-17-7-5-13(6-8-17)18-12-15(9-10-20)21-22(18)16-4-2-3-14(19)11-16/h2-8,11-12H,9-10,20H2,1H3. The Morgan fingerprint density at radius 3 is 2.57 bits per heavy atom. The van der Waals surface area contributed by atoms with Gasteiger partial charge in [-0.25, -0.2) is 4.68 Å². The van der Waals surface area contributed by atoms with Crippen LogP contribution in [0.4, 0.5) is 0 Å². The van der Waals surface area contributed by atoms with Crippen LogP contribution in [0.2, 0.25) is 5.02 Å². The molecule has 5 heteroatoms. The SMILES string of the molecule is COc1ccc(-c2cc(CCN)nn2-c2cccc(Cl)c2)cc1. The minimum Gasteiger partial charge on any atom is -0.497 e. The van der Waals surface area contributed by atoms with Gasteiger partial charge in [0.05, 0.1) is 24.2 Å². The van der Waals surface area contributed by atoms with E-state index in [0.29, 0.717) is 11.6 Å². The average molecular weight is 328 g/mol. The van der Waals surface area contributed by atoms with Gasteiger partial charge >= 0.3 is 0 Å². The number of ether oxygens (including phenoxy) is 1. The lowest BCUT2D eigenvalue weighted by Gasteiger charge is -2.08. The van der Waals surface area contributed by atoms with Crippen molar-refractivity contribution in [2.24, 2.45) is 5.73 Å². The van der Waals surface area contributed by atoms with Gasteiger partial charge in [-0.2, -0.15) is 5.10 Å². The fourth-order valence-electron chi connectivity index (χ4n) is 2.47. The first kappa shape index (κ1) is 15.6. The second-order valence-corrected chi connectivity index (χ2v) is 5.62. The van der Waals surface area contributed by atoms with E-state index in [0.717, 1.165) is 34.8 Å². The second kappa shape index (κ2) is 6.86. The lowest BCUT2D eigenvalue weighted by Crippen LogP contribution is -2.04. The molecule has 0 spiro atoms. The molecule has 1 aromatic heterocycles. The molecule has 0 bridgehead atoms. The number of methoxy groups -OCH3 is 1. The normalized spacial score (nSPS) is 10.7. The molecule has 23 heavy (non-hydrogen) atoms. The lowest BCUT2D eigenvalue weighted by molar-refractivity contribution is 0.415. The molecule has 2 N–H and O–H groups in total. The van der Waals surface area contributed by atoms with Crippen LogP contribution in [-0.4, -0.2) is 23.4 Å². The Morgan fingerprint density at radius 2 is 1.91 bits per heavy atom. The zero-order valence-electron chi connectivity index (χ0n) is 12.9. The van der Waals surface area contributed by atoms with E-state index in [1.807, 2.05) is 53.2 Å². The van der Waals surface area contributed by atoms with Crippen molar-refractivity contribution in [3.8, 4) is 22.7 Å². The van der Waals surface area contributed by atoms with Crippen molar-refractivity contribution in [3.05, 3.63) is 65.3 Å². The van der Waals surface area contributed by atoms with Crippen LogP contribution < -0.4 is 10.5 Å². The van der Waals surface area contributed by atoms with Crippen LogP contribution in [0.1, 0.15) is 5.69 Å². The summed E-state index contributed by atoms with van der Waals surface area (Å²) in [6.45, 7) is 0.564. The summed E-state index contributed by atoms with van der Waals surface area (Å²) in [5.74, 6) is 0.824. The van der Waals surface area contributed by atoms with Crippen LogP contribution in [0.5, 0.6) is 5.75 Å². The van der Waals surface area contributed by atoms with E-state index in [-0.39, 0.29) is 0 Å². The zero-order chi connectivity index (χ0) is 16.2. The van der Waals surface area contributed by atoms with E-state index in [1.165, 1.54) is 0 Å². The van der Waals surface area contributed by atoms with Crippen molar-refractivity contribution < 1.29 is 4.74 Å². The van der Waals surface area contributed by atoms with Gasteiger partial charge in [-0.3, -0.25) is 0 Å². The van der Waals surface area contributed by atoms with Gasteiger partial charge in [0.25, 0.3) is 0 Å². The Hall–Kier alpha value is -2.30. The minimum absolute atomic E-state index is 0.564. The highest BCUT2D eigenvalue weighted by Crippen LogP contribution is 2.27. The molecule has 0 amide bonds. The highest BCUT2D eigenvalue weighted by Gasteiger charge is 2.12. The number of hydrogen-bond acceptors (Lipinski definition) is 3. The number of hydrogen-bond donors (Lipinski definition) is 1. The van der Waals surface area contributed by atoms with Crippen LogP contribution in [0, 0.1) is 0 Å². The Bertz CT molecular complexity index is 796. The summed E-state index contributed by atoms with van der Waals surface area (Å²) in [4.78, 5) is 0. The summed E-state index contributed by atoms with van der Waals surface area (Å²) in [5, 5.41) is 5.36. The van der Waals surface area contributed by atoms with Crippen LogP contribution in [0.25, 0.3) is 16.9 Å². The summed E-state index contributed by atoms with van der Waals surface area (Å²) < 4.78 is 7.12.